The molecule has 0 heterocycles. The quantitative estimate of drug-likeness (QED) is 0.657. The molecule has 0 saturated carbocycles. The first-order valence-corrected chi connectivity index (χ1v) is 8.33. The molecule has 0 aliphatic heterocycles. The molecule has 0 spiro atoms. The Labute approximate surface area is 160 Å². The number of hydrogen-bond acceptors (Lipinski definition) is 3. The van der Waals surface area contributed by atoms with E-state index in [0.717, 1.165) is 22.3 Å². The Morgan fingerprint density at radius 2 is 1.38 bits per heavy atom. The van der Waals surface area contributed by atoms with Crippen molar-refractivity contribution in [1.29, 1.82) is 0 Å². The van der Waals surface area contributed by atoms with Gasteiger partial charge < -0.3 is 10.5 Å². The molecular weight excluding hydrogens is 346 g/mol. The van der Waals surface area contributed by atoms with Crippen LogP contribution in [0.3, 0.4) is 0 Å². The number of benzene rings is 3. The first-order valence-electron chi connectivity index (χ1n) is 8.33. The van der Waals surface area contributed by atoms with Crippen LogP contribution in [0.25, 0.3) is 11.1 Å². The van der Waals surface area contributed by atoms with Crippen LogP contribution in [0.4, 0.5) is 0 Å². The number of carbonyl (C=O) groups excluding carboxylic acids is 1. The van der Waals surface area contributed by atoms with E-state index in [0.29, 0.717) is 6.42 Å². The van der Waals surface area contributed by atoms with Gasteiger partial charge >= 0.3 is 5.97 Å². The van der Waals surface area contributed by atoms with Crippen molar-refractivity contribution in [2.24, 2.45) is 5.73 Å². The largest absolute Gasteiger partial charge is 0.460 e. The van der Waals surface area contributed by atoms with E-state index in [2.05, 4.69) is 24.3 Å². The van der Waals surface area contributed by atoms with Gasteiger partial charge in [0.15, 0.2) is 0 Å². The second-order valence-corrected chi connectivity index (χ2v) is 5.97. The fourth-order valence-corrected chi connectivity index (χ4v) is 2.68. The van der Waals surface area contributed by atoms with Crippen LogP contribution in [0.15, 0.2) is 84.9 Å². The predicted octanol–water partition coefficient (Wildman–Crippen LogP) is 4.39. The van der Waals surface area contributed by atoms with Crippen LogP contribution >= 0.6 is 12.4 Å². The standard InChI is InChI=1S/C22H21NO2.ClH/c23-21(22(24)25-16-17-8-3-1-4-9-17)15-18-10-7-13-20(14-18)19-11-5-2-6-12-19;/h1-14,21H,15-16,23H2;1H. The normalized spacial score (nSPS) is 11.3. The maximum absolute atomic E-state index is 12.1. The molecule has 0 aromatic heterocycles. The predicted molar refractivity (Wildman–Crippen MR) is 107 cm³/mol. The van der Waals surface area contributed by atoms with Crippen molar-refractivity contribution in [1.82, 2.24) is 0 Å². The molecule has 3 rings (SSSR count). The zero-order chi connectivity index (χ0) is 17.5. The minimum Gasteiger partial charge on any atom is -0.460 e. The van der Waals surface area contributed by atoms with Crippen LogP contribution in [-0.2, 0) is 22.6 Å². The topological polar surface area (TPSA) is 52.3 Å². The van der Waals surface area contributed by atoms with Gasteiger partial charge in [-0.05, 0) is 28.7 Å². The van der Waals surface area contributed by atoms with Gasteiger partial charge in [0, 0.05) is 0 Å². The smallest absolute Gasteiger partial charge is 0.323 e. The summed E-state index contributed by atoms with van der Waals surface area (Å²) < 4.78 is 5.31. The maximum Gasteiger partial charge on any atom is 0.323 e. The van der Waals surface area contributed by atoms with E-state index < -0.39 is 6.04 Å². The summed E-state index contributed by atoms with van der Waals surface area (Å²) in [5, 5.41) is 0. The van der Waals surface area contributed by atoms with Crippen LogP contribution in [-0.4, -0.2) is 12.0 Å². The lowest BCUT2D eigenvalue weighted by atomic mass is 10.00. The molecular formula is C22H22ClNO2. The van der Waals surface area contributed by atoms with Crippen molar-refractivity contribution in [2.75, 3.05) is 0 Å². The summed E-state index contributed by atoms with van der Waals surface area (Å²) in [5.41, 5.74) is 10.3. The van der Waals surface area contributed by atoms with Gasteiger partial charge in [0.05, 0.1) is 0 Å². The lowest BCUT2D eigenvalue weighted by Gasteiger charge is -2.12. The highest BCUT2D eigenvalue weighted by Gasteiger charge is 2.16. The molecule has 0 aliphatic rings. The van der Waals surface area contributed by atoms with Crippen LogP contribution in [0.2, 0.25) is 0 Å². The third kappa shape index (κ3) is 5.45. The highest BCUT2D eigenvalue weighted by atomic mass is 35.5. The Morgan fingerprint density at radius 1 is 0.808 bits per heavy atom. The number of carbonyl (C=O) groups is 1. The van der Waals surface area contributed by atoms with Crippen molar-refractivity contribution in [3.8, 4) is 11.1 Å². The summed E-state index contributed by atoms with van der Waals surface area (Å²) in [7, 11) is 0. The van der Waals surface area contributed by atoms with E-state index in [4.69, 9.17) is 10.5 Å². The molecule has 3 aromatic carbocycles. The fourth-order valence-electron chi connectivity index (χ4n) is 2.68. The highest BCUT2D eigenvalue weighted by Crippen LogP contribution is 2.20. The molecule has 26 heavy (non-hydrogen) atoms. The van der Waals surface area contributed by atoms with E-state index in [1.54, 1.807) is 0 Å². The molecule has 0 amide bonds. The Balaban J connectivity index is 0.00000243. The van der Waals surface area contributed by atoms with Crippen LogP contribution in [0.1, 0.15) is 11.1 Å². The number of nitrogens with two attached hydrogens (primary N) is 1. The number of rotatable bonds is 6. The molecule has 134 valence electrons. The molecule has 4 heteroatoms. The summed E-state index contributed by atoms with van der Waals surface area (Å²) in [4.78, 5) is 12.1. The van der Waals surface area contributed by atoms with E-state index in [9.17, 15) is 4.79 Å². The van der Waals surface area contributed by atoms with E-state index in [1.807, 2.05) is 60.7 Å². The molecule has 0 aliphatic carbocycles. The van der Waals surface area contributed by atoms with E-state index >= 15 is 0 Å². The van der Waals surface area contributed by atoms with Gasteiger partial charge in [0.1, 0.15) is 12.6 Å². The van der Waals surface area contributed by atoms with Crippen molar-refractivity contribution in [2.45, 2.75) is 19.1 Å². The zero-order valence-electron chi connectivity index (χ0n) is 14.4. The molecule has 0 radical (unpaired) electrons. The Bertz CT molecular complexity index is 822. The lowest BCUT2D eigenvalue weighted by Crippen LogP contribution is -2.34. The number of hydrogen-bond donors (Lipinski definition) is 1. The average Bonchev–Trinajstić information content (AvgIpc) is 2.68. The van der Waals surface area contributed by atoms with Crippen LogP contribution < -0.4 is 5.73 Å². The monoisotopic (exact) mass is 367 g/mol. The molecule has 2 N–H and O–H groups in total. The molecule has 0 saturated heterocycles. The van der Waals surface area contributed by atoms with Gasteiger partial charge in [0.2, 0.25) is 0 Å². The minimum absolute atomic E-state index is 0. The number of ether oxygens (including phenoxy) is 1. The Morgan fingerprint density at radius 3 is 2.08 bits per heavy atom. The van der Waals surface area contributed by atoms with Crippen LogP contribution in [0, 0.1) is 0 Å². The van der Waals surface area contributed by atoms with Gasteiger partial charge in [0.25, 0.3) is 0 Å². The molecule has 3 aromatic rings. The van der Waals surface area contributed by atoms with E-state index in [1.165, 1.54) is 0 Å². The minimum atomic E-state index is -0.672. The SMILES string of the molecule is Cl.NC(Cc1cccc(-c2ccccc2)c1)C(=O)OCc1ccccc1. The third-order valence-electron chi connectivity index (χ3n) is 4.02. The summed E-state index contributed by atoms with van der Waals surface area (Å²) in [6, 6.07) is 27.1. The van der Waals surface area contributed by atoms with Crippen molar-refractivity contribution in [3.05, 3.63) is 96.1 Å². The first kappa shape index (κ1) is 19.7. The van der Waals surface area contributed by atoms with Crippen molar-refractivity contribution >= 4 is 18.4 Å². The summed E-state index contributed by atoms with van der Waals surface area (Å²) in [6.45, 7) is 0.247. The number of esters is 1. The van der Waals surface area contributed by atoms with Gasteiger partial charge in [-0.2, -0.15) is 0 Å². The van der Waals surface area contributed by atoms with Gasteiger partial charge in [-0.15, -0.1) is 12.4 Å². The maximum atomic E-state index is 12.1. The summed E-state index contributed by atoms with van der Waals surface area (Å²) in [6.07, 6.45) is 0.453. The molecule has 1 unspecified atom stereocenters. The molecule has 0 bridgehead atoms. The lowest BCUT2D eigenvalue weighted by molar-refractivity contribution is -0.146. The second-order valence-electron chi connectivity index (χ2n) is 5.97. The summed E-state index contributed by atoms with van der Waals surface area (Å²) in [5.74, 6) is -0.381. The molecule has 1 atom stereocenters. The second kappa shape index (κ2) is 9.76. The first-order chi connectivity index (χ1) is 12.2. The van der Waals surface area contributed by atoms with Gasteiger partial charge in [-0.3, -0.25) is 4.79 Å². The molecule has 3 nitrogen and oxygen atoms in total. The number of halogens is 1. The Hall–Kier alpha value is -2.62. The van der Waals surface area contributed by atoms with Crippen LogP contribution in [0.5, 0.6) is 0 Å². The van der Waals surface area contributed by atoms with Crippen molar-refractivity contribution < 1.29 is 9.53 Å². The summed E-state index contributed by atoms with van der Waals surface area (Å²) >= 11 is 0. The van der Waals surface area contributed by atoms with E-state index in [-0.39, 0.29) is 25.0 Å². The molecule has 0 fully saturated rings. The highest BCUT2D eigenvalue weighted by molar-refractivity contribution is 5.85. The third-order valence-corrected chi connectivity index (χ3v) is 4.02. The fraction of sp³-hybridized carbons (Fsp3) is 0.136. The van der Waals surface area contributed by atoms with Crippen molar-refractivity contribution in [3.63, 3.8) is 0 Å². The Kier molecular flexibility index (Phi) is 7.39. The van der Waals surface area contributed by atoms with Gasteiger partial charge in [-0.25, -0.2) is 0 Å². The zero-order valence-corrected chi connectivity index (χ0v) is 15.2. The van der Waals surface area contributed by atoms with Gasteiger partial charge in [-0.1, -0.05) is 84.9 Å². The average molecular weight is 368 g/mol.